The lowest BCUT2D eigenvalue weighted by Crippen LogP contribution is -2.63. The third-order valence-corrected chi connectivity index (χ3v) is 7.38. The maximum atomic E-state index is 14.0. The number of furan rings is 2. The van der Waals surface area contributed by atoms with E-state index < -0.39 is 47.8 Å². The Hall–Kier alpha value is -4.34. The fourth-order valence-corrected chi connectivity index (χ4v) is 4.93. The van der Waals surface area contributed by atoms with Crippen molar-refractivity contribution in [2.75, 3.05) is 14.1 Å². The monoisotopic (exact) mass is 548 g/mol. The highest BCUT2D eigenvalue weighted by atomic mass is 16.3. The van der Waals surface area contributed by atoms with Crippen molar-refractivity contribution in [2.45, 2.75) is 57.3 Å². The van der Waals surface area contributed by atoms with Gasteiger partial charge in [-0.2, -0.15) is 0 Å². The number of rotatable bonds is 7. The van der Waals surface area contributed by atoms with Gasteiger partial charge in [0.05, 0.1) is 25.1 Å². The van der Waals surface area contributed by atoms with Crippen LogP contribution >= 0.6 is 0 Å². The predicted octanol–water partition coefficient (Wildman–Crippen LogP) is 2.19. The molecule has 2 N–H and O–H groups in total. The third kappa shape index (κ3) is 6.62. The zero-order valence-electron chi connectivity index (χ0n) is 23.2. The quantitative estimate of drug-likeness (QED) is 0.466. The number of nitrogens with one attached hydrogen (secondary N) is 2. The lowest BCUT2D eigenvalue weighted by atomic mass is 9.97. The molecular formula is C30H36N4O6. The number of hydrogen-bond acceptors (Lipinski definition) is 6. The van der Waals surface area contributed by atoms with Crippen LogP contribution in [-0.4, -0.2) is 71.7 Å². The lowest BCUT2D eigenvalue weighted by Gasteiger charge is -2.37. The molecule has 1 aliphatic rings. The molecule has 0 spiro atoms. The zero-order valence-corrected chi connectivity index (χ0v) is 23.2. The first-order valence-corrected chi connectivity index (χ1v) is 13.4. The van der Waals surface area contributed by atoms with Crippen LogP contribution in [0.2, 0.25) is 0 Å². The average molecular weight is 549 g/mol. The van der Waals surface area contributed by atoms with Gasteiger partial charge in [-0.25, -0.2) is 0 Å². The number of likely N-dealkylation sites (N-methyl/N-ethyl adjacent to an activating group) is 2. The fraction of sp³-hybridized carbons (Fsp3) is 0.400. The zero-order chi connectivity index (χ0) is 28.8. The first kappa shape index (κ1) is 28.7. The van der Waals surface area contributed by atoms with E-state index in [1.54, 1.807) is 26.2 Å². The molecule has 10 nitrogen and oxygen atoms in total. The van der Waals surface area contributed by atoms with Crippen molar-refractivity contribution in [3.63, 3.8) is 0 Å². The normalized spacial score (nSPS) is 23.0. The van der Waals surface area contributed by atoms with Crippen LogP contribution < -0.4 is 10.6 Å². The Bertz CT molecular complexity index is 1250. The van der Waals surface area contributed by atoms with Gasteiger partial charge >= 0.3 is 0 Å². The number of amides is 4. The predicted molar refractivity (Wildman–Crippen MR) is 147 cm³/mol. The molecule has 4 amide bonds. The molecule has 4 rings (SSSR count). The molecule has 212 valence electrons. The number of benzene rings is 1. The van der Waals surface area contributed by atoms with E-state index in [9.17, 15) is 19.2 Å². The Balaban J connectivity index is 1.75. The van der Waals surface area contributed by atoms with E-state index in [4.69, 9.17) is 8.83 Å². The van der Waals surface area contributed by atoms with Crippen LogP contribution in [0.3, 0.4) is 0 Å². The Labute approximate surface area is 233 Å². The smallest absolute Gasteiger partial charge is 0.245 e. The van der Waals surface area contributed by atoms with Gasteiger partial charge in [0, 0.05) is 33.4 Å². The van der Waals surface area contributed by atoms with Crippen molar-refractivity contribution in [1.29, 1.82) is 0 Å². The third-order valence-electron chi connectivity index (χ3n) is 7.38. The maximum Gasteiger partial charge on any atom is 0.245 e. The topological polar surface area (TPSA) is 125 Å². The van der Waals surface area contributed by atoms with Gasteiger partial charge < -0.3 is 29.3 Å². The Morgan fingerprint density at radius 2 is 1.23 bits per heavy atom. The molecule has 0 saturated carbocycles. The molecule has 2 aromatic heterocycles. The molecule has 10 heteroatoms. The van der Waals surface area contributed by atoms with E-state index in [1.165, 1.54) is 34.9 Å². The molecule has 4 unspecified atom stereocenters. The van der Waals surface area contributed by atoms with Gasteiger partial charge in [-0.1, -0.05) is 44.2 Å². The number of carbonyl (C=O) groups excluding carboxylic acids is 4. The molecule has 1 aliphatic heterocycles. The molecule has 1 fully saturated rings. The first-order chi connectivity index (χ1) is 19.2. The highest BCUT2D eigenvalue weighted by Gasteiger charge is 2.40. The Kier molecular flexibility index (Phi) is 9.08. The van der Waals surface area contributed by atoms with E-state index in [0.717, 1.165) is 16.7 Å². The van der Waals surface area contributed by atoms with Crippen molar-refractivity contribution in [2.24, 2.45) is 5.92 Å². The average Bonchev–Trinajstić information content (AvgIpc) is 3.66. The van der Waals surface area contributed by atoms with Gasteiger partial charge in [-0.05, 0) is 34.7 Å². The summed E-state index contributed by atoms with van der Waals surface area (Å²) in [5.41, 5.74) is 2.29. The van der Waals surface area contributed by atoms with Crippen molar-refractivity contribution in [1.82, 2.24) is 20.4 Å². The first-order valence-electron chi connectivity index (χ1n) is 13.4. The standard InChI is InChI=1S/C30H36N4O6/c1-19(2)26-30(38)34(4)24(15-21-10-12-39-17-21)27(35)31-23(14-20-8-6-5-7-9-20)29(37)33(3)25(28(36)32-26)16-22-11-13-40-18-22/h5-13,17-19,23-26H,14-16H2,1-4H3,(H,31,35)(H,32,36). The van der Waals surface area contributed by atoms with Crippen molar-refractivity contribution >= 4 is 23.6 Å². The summed E-state index contributed by atoms with van der Waals surface area (Å²) < 4.78 is 10.4. The van der Waals surface area contributed by atoms with Crippen molar-refractivity contribution < 1.29 is 28.0 Å². The Morgan fingerprint density at radius 3 is 1.73 bits per heavy atom. The van der Waals surface area contributed by atoms with Crippen LogP contribution in [0.5, 0.6) is 0 Å². The molecule has 4 atom stereocenters. The molecule has 3 heterocycles. The summed E-state index contributed by atoms with van der Waals surface area (Å²) in [5, 5.41) is 5.79. The van der Waals surface area contributed by atoms with Gasteiger partial charge in [0.15, 0.2) is 0 Å². The fourth-order valence-electron chi connectivity index (χ4n) is 4.93. The second kappa shape index (κ2) is 12.7. The second-order valence-electron chi connectivity index (χ2n) is 10.6. The SMILES string of the molecule is CC(C)C1NC(=O)C(Cc2ccoc2)N(C)C(=O)C(Cc2ccccc2)NC(=O)C(Cc2ccoc2)N(C)C1=O. The number of hydrogen-bond donors (Lipinski definition) is 2. The molecule has 1 aromatic carbocycles. The largest absolute Gasteiger partial charge is 0.472 e. The van der Waals surface area contributed by atoms with Crippen molar-refractivity contribution in [3.8, 4) is 0 Å². The minimum absolute atomic E-state index is 0.175. The van der Waals surface area contributed by atoms with Gasteiger partial charge in [0.2, 0.25) is 23.6 Å². The molecular weight excluding hydrogens is 512 g/mol. The van der Waals surface area contributed by atoms with E-state index in [2.05, 4.69) is 10.6 Å². The van der Waals surface area contributed by atoms with E-state index in [0.29, 0.717) is 0 Å². The Morgan fingerprint density at radius 1 is 0.700 bits per heavy atom. The molecule has 0 bridgehead atoms. The van der Waals surface area contributed by atoms with E-state index in [-0.39, 0.29) is 25.2 Å². The maximum absolute atomic E-state index is 14.0. The van der Waals surface area contributed by atoms with Crippen LogP contribution in [0.4, 0.5) is 0 Å². The molecule has 0 radical (unpaired) electrons. The number of carbonyl (C=O) groups is 4. The van der Waals surface area contributed by atoms with Crippen LogP contribution in [-0.2, 0) is 38.4 Å². The summed E-state index contributed by atoms with van der Waals surface area (Å²) in [4.78, 5) is 58.1. The molecule has 40 heavy (non-hydrogen) atoms. The van der Waals surface area contributed by atoms with Crippen LogP contribution in [0.1, 0.15) is 30.5 Å². The second-order valence-corrected chi connectivity index (χ2v) is 10.6. The van der Waals surface area contributed by atoms with Gasteiger partial charge in [-0.15, -0.1) is 0 Å². The highest BCUT2D eigenvalue weighted by molar-refractivity contribution is 5.97. The molecule has 1 saturated heterocycles. The van der Waals surface area contributed by atoms with Crippen LogP contribution in [0.25, 0.3) is 0 Å². The van der Waals surface area contributed by atoms with Gasteiger partial charge in [-0.3, -0.25) is 19.2 Å². The van der Waals surface area contributed by atoms with E-state index >= 15 is 0 Å². The van der Waals surface area contributed by atoms with Gasteiger partial charge in [0.25, 0.3) is 0 Å². The summed E-state index contributed by atoms with van der Waals surface area (Å²) in [5.74, 6) is -2.03. The number of nitrogens with zero attached hydrogens (tertiary/aromatic N) is 2. The van der Waals surface area contributed by atoms with Crippen LogP contribution in [0, 0.1) is 5.92 Å². The van der Waals surface area contributed by atoms with E-state index in [1.807, 2.05) is 44.2 Å². The molecule has 3 aromatic rings. The molecule has 0 aliphatic carbocycles. The minimum atomic E-state index is -0.977. The summed E-state index contributed by atoms with van der Waals surface area (Å²) in [7, 11) is 3.09. The minimum Gasteiger partial charge on any atom is -0.472 e. The summed E-state index contributed by atoms with van der Waals surface area (Å²) >= 11 is 0. The lowest BCUT2D eigenvalue weighted by molar-refractivity contribution is -0.148. The van der Waals surface area contributed by atoms with Crippen LogP contribution in [0.15, 0.2) is 76.4 Å². The van der Waals surface area contributed by atoms with Gasteiger partial charge in [0.1, 0.15) is 24.2 Å². The summed E-state index contributed by atoms with van der Waals surface area (Å²) in [6.07, 6.45) is 6.59. The summed E-state index contributed by atoms with van der Waals surface area (Å²) in [6.45, 7) is 3.65. The highest BCUT2D eigenvalue weighted by Crippen LogP contribution is 2.18. The summed E-state index contributed by atoms with van der Waals surface area (Å²) in [6, 6.07) is 9.01. The van der Waals surface area contributed by atoms with Crippen molar-refractivity contribution in [3.05, 3.63) is 84.2 Å².